The Bertz CT molecular complexity index is 1280. The quantitative estimate of drug-likeness (QED) is 0.431. The fraction of sp³-hybridized carbons (Fsp3) is 0.0500. The summed E-state index contributed by atoms with van der Waals surface area (Å²) in [6.07, 6.45) is 3.12. The fourth-order valence-electron chi connectivity index (χ4n) is 2.97. The minimum Gasteiger partial charge on any atom is -0.472 e. The molecule has 2 aromatic carbocycles. The van der Waals surface area contributed by atoms with Gasteiger partial charge in [0.15, 0.2) is 11.2 Å². The first-order chi connectivity index (χ1) is 13.2. The third-order valence-electron chi connectivity index (χ3n) is 4.24. The summed E-state index contributed by atoms with van der Waals surface area (Å²) < 4.78 is 21.6. The van der Waals surface area contributed by atoms with E-state index in [9.17, 15) is 4.79 Å². The van der Waals surface area contributed by atoms with Gasteiger partial charge in [0.1, 0.15) is 17.3 Å². The van der Waals surface area contributed by atoms with Gasteiger partial charge >= 0.3 is 5.97 Å². The van der Waals surface area contributed by atoms with Gasteiger partial charge in [0.25, 0.3) is 0 Å². The van der Waals surface area contributed by atoms with E-state index in [0.717, 1.165) is 5.56 Å². The van der Waals surface area contributed by atoms with Gasteiger partial charge in [-0.25, -0.2) is 14.8 Å². The second-order valence-electron chi connectivity index (χ2n) is 5.85. The molecule has 7 heteroatoms. The van der Waals surface area contributed by atoms with Crippen LogP contribution in [-0.4, -0.2) is 23.0 Å². The maximum Gasteiger partial charge on any atom is 0.340 e. The standard InChI is InChI=1S/C20H12N2O5/c1-24-20(23)13-5-3-7-15-17(13)22-19(27-15)12-4-2-6-14-16(12)21-18(26-14)11-8-9-25-10-11/h2-10H,1H3. The molecule has 0 spiro atoms. The van der Waals surface area contributed by atoms with Crippen LogP contribution in [0.1, 0.15) is 10.4 Å². The van der Waals surface area contributed by atoms with Crippen LogP contribution in [0.3, 0.4) is 0 Å². The van der Waals surface area contributed by atoms with E-state index in [4.69, 9.17) is 18.0 Å². The highest BCUT2D eigenvalue weighted by Gasteiger charge is 2.20. The zero-order valence-corrected chi connectivity index (χ0v) is 14.1. The van der Waals surface area contributed by atoms with Crippen LogP contribution < -0.4 is 0 Å². The third-order valence-corrected chi connectivity index (χ3v) is 4.24. The molecule has 0 bridgehead atoms. The molecule has 132 valence electrons. The lowest BCUT2D eigenvalue weighted by molar-refractivity contribution is 0.0602. The summed E-state index contributed by atoms with van der Waals surface area (Å²) in [5.41, 5.74) is 3.88. The average molecular weight is 360 g/mol. The Kier molecular flexibility index (Phi) is 3.33. The predicted octanol–water partition coefficient (Wildman–Crippen LogP) is 4.68. The zero-order valence-electron chi connectivity index (χ0n) is 14.1. The van der Waals surface area contributed by atoms with Crippen LogP contribution in [-0.2, 0) is 4.74 Å². The van der Waals surface area contributed by atoms with E-state index in [2.05, 4.69) is 9.97 Å². The molecule has 0 aliphatic rings. The summed E-state index contributed by atoms with van der Waals surface area (Å²) >= 11 is 0. The van der Waals surface area contributed by atoms with E-state index < -0.39 is 5.97 Å². The summed E-state index contributed by atoms with van der Waals surface area (Å²) in [6.45, 7) is 0. The summed E-state index contributed by atoms with van der Waals surface area (Å²) in [7, 11) is 1.33. The van der Waals surface area contributed by atoms with Crippen LogP contribution in [0, 0.1) is 0 Å². The fourth-order valence-corrected chi connectivity index (χ4v) is 2.97. The molecule has 0 aliphatic carbocycles. The van der Waals surface area contributed by atoms with Gasteiger partial charge in [0, 0.05) is 0 Å². The number of fused-ring (bicyclic) bond motifs is 2. The summed E-state index contributed by atoms with van der Waals surface area (Å²) in [5.74, 6) is 0.318. The Morgan fingerprint density at radius 1 is 0.926 bits per heavy atom. The first-order valence-corrected chi connectivity index (χ1v) is 8.15. The van der Waals surface area contributed by atoms with Gasteiger partial charge in [-0.3, -0.25) is 0 Å². The van der Waals surface area contributed by atoms with Crippen LogP contribution in [0.15, 0.2) is 68.2 Å². The molecule has 3 aromatic heterocycles. The van der Waals surface area contributed by atoms with Crippen LogP contribution >= 0.6 is 0 Å². The molecule has 7 nitrogen and oxygen atoms in total. The molecule has 3 heterocycles. The second kappa shape index (κ2) is 5.84. The van der Waals surface area contributed by atoms with Gasteiger partial charge in [0.05, 0.1) is 30.1 Å². The van der Waals surface area contributed by atoms with Crippen molar-refractivity contribution >= 4 is 28.2 Å². The van der Waals surface area contributed by atoms with Crippen molar-refractivity contribution in [1.82, 2.24) is 9.97 Å². The Balaban J connectivity index is 1.70. The van der Waals surface area contributed by atoms with Crippen molar-refractivity contribution in [2.75, 3.05) is 7.11 Å². The lowest BCUT2D eigenvalue weighted by Crippen LogP contribution is -2.01. The van der Waals surface area contributed by atoms with Crippen LogP contribution in [0.4, 0.5) is 0 Å². The van der Waals surface area contributed by atoms with Crippen molar-refractivity contribution in [3.8, 4) is 22.9 Å². The molecule has 0 atom stereocenters. The first kappa shape index (κ1) is 15.4. The number of ether oxygens (including phenoxy) is 1. The van der Waals surface area contributed by atoms with Crippen molar-refractivity contribution in [2.24, 2.45) is 0 Å². The minimum atomic E-state index is -0.470. The number of rotatable bonds is 3. The number of para-hydroxylation sites is 2. The van der Waals surface area contributed by atoms with Gasteiger partial charge in [-0.05, 0) is 30.3 Å². The maximum absolute atomic E-state index is 12.0. The molecule has 0 fully saturated rings. The predicted molar refractivity (Wildman–Crippen MR) is 96.1 cm³/mol. The highest BCUT2D eigenvalue weighted by Crippen LogP contribution is 2.33. The molecule has 0 N–H and O–H groups in total. The Morgan fingerprint density at radius 3 is 2.44 bits per heavy atom. The largest absolute Gasteiger partial charge is 0.472 e. The molecule has 0 saturated carbocycles. The number of methoxy groups -OCH3 is 1. The van der Waals surface area contributed by atoms with E-state index in [1.807, 2.05) is 18.2 Å². The number of nitrogens with zero attached hydrogens (tertiary/aromatic N) is 2. The number of furan rings is 1. The topological polar surface area (TPSA) is 91.5 Å². The molecule has 0 aliphatic heterocycles. The first-order valence-electron chi connectivity index (χ1n) is 8.15. The molecule has 5 rings (SSSR count). The molecule has 0 radical (unpaired) electrons. The van der Waals surface area contributed by atoms with Crippen LogP contribution in [0.2, 0.25) is 0 Å². The zero-order chi connectivity index (χ0) is 18.4. The smallest absolute Gasteiger partial charge is 0.340 e. The van der Waals surface area contributed by atoms with Crippen molar-refractivity contribution in [1.29, 1.82) is 0 Å². The third kappa shape index (κ3) is 2.40. The molecule has 0 amide bonds. The number of oxazole rings is 2. The van der Waals surface area contributed by atoms with Crippen molar-refractivity contribution in [2.45, 2.75) is 0 Å². The SMILES string of the molecule is COC(=O)c1cccc2oc(-c3cccc4oc(-c5ccoc5)nc34)nc12. The van der Waals surface area contributed by atoms with E-state index in [1.54, 1.807) is 36.8 Å². The normalized spacial score (nSPS) is 11.3. The number of carbonyl (C=O) groups excluding carboxylic acids is 1. The van der Waals surface area contributed by atoms with Crippen molar-refractivity contribution in [3.63, 3.8) is 0 Å². The number of carbonyl (C=O) groups is 1. The monoisotopic (exact) mass is 360 g/mol. The Labute approximate surface area is 152 Å². The number of hydrogen-bond donors (Lipinski definition) is 0. The number of esters is 1. The summed E-state index contributed by atoms with van der Waals surface area (Å²) in [5, 5.41) is 0. The second-order valence-corrected chi connectivity index (χ2v) is 5.85. The Morgan fingerprint density at radius 2 is 1.67 bits per heavy atom. The maximum atomic E-state index is 12.0. The van der Waals surface area contributed by atoms with Crippen molar-refractivity contribution in [3.05, 3.63) is 60.6 Å². The van der Waals surface area contributed by atoms with E-state index in [1.165, 1.54) is 7.11 Å². The average Bonchev–Trinajstić information content (AvgIpc) is 3.44. The molecular weight excluding hydrogens is 348 g/mol. The lowest BCUT2D eigenvalue weighted by atomic mass is 10.2. The molecule has 0 unspecified atom stereocenters. The lowest BCUT2D eigenvalue weighted by Gasteiger charge is -1.97. The van der Waals surface area contributed by atoms with Gasteiger partial charge < -0.3 is 18.0 Å². The Hall–Kier alpha value is -3.87. The van der Waals surface area contributed by atoms with Crippen LogP contribution in [0.25, 0.3) is 45.1 Å². The highest BCUT2D eigenvalue weighted by atomic mass is 16.5. The van der Waals surface area contributed by atoms with E-state index >= 15 is 0 Å². The van der Waals surface area contributed by atoms with Gasteiger partial charge in [-0.1, -0.05) is 12.1 Å². The van der Waals surface area contributed by atoms with Gasteiger partial charge in [-0.15, -0.1) is 0 Å². The van der Waals surface area contributed by atoms with Crippen molar-refractivity contribution < 1.29 is 22.8 Å². The highest BCUT2D eigenvalue weighted by molar-refractivity contribution is 6.02. The summed E-state index contributed by atoms with van der Waals surface area (Å²) in [6, 6.07) is 12.4. The molecule has 0 saturated heterocycles. The van der Waals surface area contributed by atoms with E-state index in [0.29, 0.717) is 45.1 Å². The van der Waals surface area contributed by atoms with Crippen LogP contribution in [0.5, 0.6) is 0 Å². The number of aromatic nitrogens is 2. The van der Waals surface area contributed by atoms with Gasteiger partial charge in [-0.2, -0.15) is 0 Å². The number of hydrogen-bond acceptors (Lipinski definition) is 7. The van der Waals surface area contributed by atoms with E-state index in [-0.39, 0.29) is 0 Å². The summed E-state index contributed by atoms with van der Waals surface area (Å²) in [4.78, 5) is 21.0. The minimum absolute atomic E-state index is 0.344. The molecule has 27 heavy (non-hydrogen) atoms. The number of benzene rings is 2. The molecule has 5 aromatic rings. The molecular formula is C20H12N2O5. The van der Waals surface area contributed by atoms with Gasteiger partial charge in [0.2, 0.25) is 11.8 Å².